The Morgan fingerprint density at radius 1 is 1.04 bits per heavy atom. The van der Waals surface area contributed by atoms with Gasteiger partial charge >= 0.3 is 6.03 Å². The van der Waals surface area contributed by atoms with E-state index in [9.17, 15) is 9.59 Å². The summed E-state index contributed by atoms with van der Waals surface area (Å²) in [7, 11) is 0. The van der Waals surface area contributed by atoms with Crippen molar-refractivity contribution in [1.82, 2.24) is 15.6 Å². The van der Waals surface area contributed by atoms with Crippen molar-refractivity contribution in [3.8, 4) is 0 Å². The van der Waals surface area contributed by atoms with E-state index in [0.717, 1.165) is 22.9 Å². The molecule has 2 aromatic carbocycles. The first-order valence-electron chi connectivity index (χ1n) is 8.85. The van der Waals surface area contributed by atoms with Crippen LogP contribution in [0.5, 0.6) is 0 Å². The first-order valence-corrected chi connectivity index (χ1v) is 8.85. The van der Waals surface area contributed by atoms with Crippen LogP contribution in [-0.2, 0) is 6.54 Å². The van der Waals surface area contributed by atoms with E-state index in [1.165, 1.54) is 11.6 Å². The van der Waals surface area contributed by atoms with E-state index in [4.69, 9.17) is 0 Å². The Bertz CT molecular complexity index is 935. The molecule has 5 heteroatoms. The summed E-state index contributed by atoms with van der Waals surface area (Å²) >= 11 is 0. The number of urea groups is 1. The lowest BCUT2D eigenvalue weighted by atomic mass is 9.97. The van der Waals surface area contributed by atoms with Crippen molar-refractivity contribution in [3.63, 3.8) is 0 Å². The van der Waals surface area contributed by atoms with E-state index in [-0.39, 0.29) is 17.5 Å². The zero-order valence-electron chi connectivity index (χ0n) is 14.8. The highest BCUT2D eigenvalue weighted by Crippen LogP contribution is 2.18. The molecule has 5 nitrogen and oxygen atoms in total. The molecule has 0 saturated heterocycles. The Labute approximate surface area is 152 Å². The van der Waals surface area contributed by atoms with Gasteiger partial charge in [-0.25, -0.2) is 4.79 Å². The summed E-state index contributed by atoms with van der Waals surface area (Å²) in [4.78, 5) is 26.8. The zero-order chi connectivity index (χ0) is 18.4. The summed E-state index contributed by atoms with van der Waals surface area (Å²) in [6.45, 7) is 2.99. The maximum Gasteiger partial charge on any atom is 0.315 e. The molecule has 0 aliphatic carbocycles. The largest absolute Gasteiger partial charge is 0.338 e. The highest BCUT2D eigenvalue weighted by molar-refractivity contribution is 5.82. The van der Waals surface area contributed by atoms with Crippen molar-refractivity contribution in [2.45, 2.75) is 25.8 Å². The maximum absolute atomic E-state index is 12.2. The van der Waals surface area contributed by atoms with E-state index >= 15 is 0 Å². The van der Waals surface area contributed by atoms with E-state index in [1.807, 2.05) is 42.5 Å². The SMILES string of the molecule is CC[C@H](CNC(=O)NCc1cc(=O)[nH]c2ccccc12)c1ccccc1. The van der Waals surface area contributed by atoms with Crippen molar-refractivity contribution >= 4 is 16.9 Å². The average Bonchev–Trinajstić information content (AvgIpc) is 2.67. The Balaban J connectivity index is 1.60. The van der Waals surface area contributed by atoms with Crippen LogP contribution in [0, 0.1) is 0 Å². The van der Waals surface area contributed by atoms with Gasteiger partial charge in [0.2, 0.25) is 5.56 Å². The second kappa shape index (κ2) is 8.34. The number of carbonyl (C=O) groups excluding carboxylic acids is 1. The minimum absolute atomic E-state index is 0.170. The van der Waals surface area contributed by atoms with Gasteiger partial charge in [-0.2, -0.15) is 0 Å². The fourth-order valence-corrected chi connectivity index (χ4v) is 3.10. The van der Waals surface area contributed by atoms with Crippen LogP contribution < -0.4 is 16.2 Å². The van der Waals surface area contributed by atoms with Crippen molar-refractivity contribution in [3.05, 3.63) is 82.1 Å². The first-order chi connectivity index (χ1) is 12.7. The lowest BCUT2D eigenvalue weighted by Gasteiger charge is -2.16. The standard InChI is InChI=1S/C21H23N3O2/c1-2-15(16-8-4-3-5-9-16)13-22-21(26)23-14-17-12-20(25)24-19-11-7-6-10-18(17)19/h3-12,15H,2,13-14H2,1H3,(H,24,25)(H2,22,23,26)/t15-/m1/s1. The number of amides is 2. The number of hydrogen-bond acceptors (Lipinski definition) is 2. The quantitative estimate of drug-likeness (QED) is 0.637. The lowest BCUT2D eigenvalue weighted by molar-refractivity contribution is 0.239. The minimum atomic E-state index is -0.233. The zero-order valence-corrected chi connectivity index (χ0v) is 14.8. The molecule has 0 unspecified atom stereocenters. The van der Waals surface area contributed by atoms with Gasteiger partial charge in [0.15, 0.2) is 0 Å². The third kappa shape index (κ3) is 4.30. The van der Waals surface area contributed by atoms with Crippen LogP contribution in [0.25, 0.3) is 10.9 Å². The number of pyridine rings is 1. The number of aromatic amines is 1. The number of H-pyrrole nitrogens is 1. The molecule has 3 aromatic rings. The van der Waals surface area contributed by atoms with Gasteiger partial charge in [-0.05, 0) is 23.6 Å². The van der Waals surface area contributed by atoms with Gasteiger partial charge < -0.3 is 15.6 Å². The maximum atomic E-state index is 12.2. The number of carbonyl (C=O) groups is 1. The van der Waals surface area contributed by atoms with Crippen LogP contribution in [0.1, 0.15) is 30.4 Å². The highest BCUT2D eigenvalue weighted by atomic mass is 16.2. The van der Waals surface area contributed by atoms with Crippen LogP contribution in [0.15, 0.2) is 65.5 Å². The summed E-state index contributed by atoms with van der Waals surface area (Å²) < 4.78 is 0. The van der Waals surface area contributed by atoms with Gasteiger partial charge in [0.05, 0.1) is 0 Å². The number of aromatic nitrogens is 1. The van der Waals surface area contributed by atoms with Gasteiger partial charge in [-0.15, -0.1) is 0 Å². The minimum Gasteiger partial charge on any atom is -0.338 e. The van der Waals surface area contributed by atoms with Gasteiger partial charge in [0.25, 0.3) is 0 Å². The molecule has 3 N–H and O–H groups in total. The van der Waals surface area contributed by atoms with Gasteiger partial charge in [0.1, 0.15) is 0 Å². The Morgan fingerprint density at radius 3 is 2.54 bits per heavy atom. The van der Waals surface area contributed by atoms with Crippen LogP contribution >= 0.6 is 0 Å². The molecular formula is C21H23N3O2. The smallest absolute Gasteiger partial charge is 0.315 e. The topological polar surface area (TPSA) is 74.0 Å². The van der Waals surface area contributed by atoms with Crippen molar-refractivity contribution in [2.75, 3.05) is 6.54 Å². The Morgan fingerprint density at radius 2 is 1.77 bits per heavy atom. The van der Waals surface area contributed by atoms with Crippen LogP contribution in [-0.4, -0.2) is 17.6 Å². The summed E-state index contributed by atoms with van der Waals surface area (Å²) in [6, 6.07) is 19.0. The fraction of sp³-hybridized carbons (Fsp3) is 0.238. The van der Waals surface area contributed by atoms with Gasteiger partial charge in [-0.3, -0.25) is 4.79 Å². The molecule has 1 heterocycles. The van der Waals surface area contributed by atoms with Crippen molar-refractivity contribution in [2.24, 2.45) is 0 Å². The normalized spacial score (nSPS) is 11.9. The molecule has 0 bridgehead atoms. The van der Waals surface area contributed by atoms with E-state index in [1.54, 1.807) is 0 Å². The number of rotatable bonds is 6. The van der Waals surface area contributed by atoms with E-state index in [2.05, 4.69) is 34.7 Å². The molecule has 0 spiro atoms. The van der Waals surface area contributed by atoms with Crippen LogP contribution in [0.3, 0.4) is 0 Å². The molecule has 0 fully saturated rings. The highest BCUT2D eigenvalue weighted by Gasteiger charge is 2.11. The van der Waals surface area contributed by atoms with Gasteiger partial charge in [0, 0.05) is 36.0 Å². The predicted octanol–water partition coefficient (Wildman–Crippen LogP) is 3.52. The molecule has 0 aliphatic heterocycles. The third-order valence-corrected chi connectivity index (χ3v) is 4.55. The monoisotopic (exact) mass is 349 g/mol. The number of hydrogen-bond donors (Lipinski definition) is 3. The number of benzene rings is 2. The van der Waals surface area contributed by atoms with Crippen LogP contribution in [0.4, 0.5) is 4.79 Å². The predicted molar refractivity (Wildman–Crippen MR) is 104 cm³/mol. The molecule has 1 atom stereocenters. The molecule has 3 rings (SSSR count). The second-order valence-corrected chi connectivity index (χ2v) is 6.28. The second-order valence-electron chi connectivity index (χ2n) is 6.28. The van der Waals surface area contributed by atoms with E-state index in [0.29, 0.717) is 13.1 Å². The summed E-state index contributed by atoms with van der Waals surface area (Å²) in [5, 5.41) is 6.71. The number of para-hydroxylation sites is 1. The molecule has 0 radical (unpaired) electrons. The number of fused-ring (bicyclic) bond motifs is 1. The molecule has 0 aliphatic rings. The lowest BCUT2D eigenvalue weighted by Crippen LogP contribution is -2.37. The fourth-order valence-electron chi connectivity index (χ4n) is 3.10. The first kappa shape index (κ1) is 17.7. The number of nitrogens with one attached hydrogen (secondary N) is 3. The third-order valence-electron chi connectivity index (χ3n) is 4.55. The summed E-state index contributed by atoms with van der Waals surface area (Å²) in [5.74, 6) is 0.280. The van der Waals surface area contributed by atoms with Crippen LogP contribution in [0.2, 0.25) is 0 Å². The Hall–Kier alpha value is -3.08. The molecule has 0 saturated carbocycles. The Kier molecular flexibility index (Phi) is 5.69. The van der Waals surface area contributed by atoms with Gasteiger partial charge in [-0.1, -0.05) is 55.5 Å². The molecule has 2 amide bonds. The van der Waals surface area contributed by atoms with E-state index < -0.39 is 0 Å². The van der Waals surface area contributed by atoms with Crippen molar-refractivity contribution < 1.29 is 4.79 Å². The molecule has 134 valence electrons. The molecule has 26 heavy (non-hydrogen) atoms. The summed E-state index contributed by atoms with van der Waals surface area (Å²) in [5.41, 5.74) is 2.62. The van der Waals surface area contributed by atoms with Crippen molar-refractivity contribution in [1.29, 1.82) is 0 Å². The molecule has 1 aromatic heterocycles. The average molecular weight is 349 g/mol. The summed E-state index contributed by atoms with van der Waals surface area (Å²) in [6.07, 6.45) is 0.947. The molecular weight excluding hydrogens is 326 g/mol.